The molecule has 8 nitrogen and oxygen atoms in total. The van der Waals surface area contributed by atoms with Gasteiger partial charge in [0.25, 0.3) is 5.91 Å². The number of benzene rings is 3. The van der Waals surface area contributed by atoms with Crippen LogP contribution < -0.4 is 14.8 Å². The van der Waals surface area contributed by atoms with E-state index in [1.807, 2.05) is 55.5 Å². The summed E-state index contributed by atoms with van der Waals surface area (Å²) in [6.45, 7) is 2.64. The van der Waals surface area contributed by atoms with Gasteiger partial charge >= 0.3 is 5.97 Å². The van der Waals surface area contributed by atoms with Crippen LogP contribution in [-0.2, 0) is 15.0 Å². The summed E-state index contributed by atoms with van der Waals surface area (Å²) >= 11 is 0. The van der Waals surface area contributed by atoms with Crippen molar-refractivity contribution in [2.75, 3.05) is 18.7 Å². The number of rotatable bonds is 6. The first-order valence-electron chi connectivity index (χ1n) is 12.8. The zero-order chi connectivity index (χ0) is 26.4. The van der Waals surface area contributed by atoms with Gasteiger partial charge in [0.1, 0.15) is 6.04 Å². The topological polar surface area (TPSA) is 105 Å². The molecule has 2 heterocycles. The quantitative estimate of drug-likeness (QED) is 0.480. The molecule has 6 rings (SSSR count). The minimum atomic E-state index is -0.964. The SMILES string of the molecule is Cc1ccc(NC(=O)C2(c3ccc4c(c3)OCO4)CC2)cc1-c1ccc(C(=O)N2CCCC2C(=O)O)cc1.[HH]. The van der Waals surface area contributed by atoms with Gasteiger partial charge in [-0.15, -0.1) is 0 Å². The molecule has 3 aromatic rings. The Labute approximate surface area is 221 Å². The van der Waals surface area contributed by atoms with Crippen molar-refractivity contribution in [1.29, 1.82) is 0 Å². The number of carboxylic acid groups (broad SMARTS) is 1. The highest BCUT2D eigenvalue weighted by atomic mass is 16.7. The van der Waals surface area contributed by atoms with E-state index >= 15 is 0 Å². The van der Waals surface area contributed by atoms with Crippen molar-refractivity contribution in [3.05, 3.63) is 77.4 Å². The predicted octanol–water partition coefficient (Wildman–Crippen LogP) is 5.00. The van der Waals surface area contributed by atoms with Gasteiger partial charge in [0.15, 0.2) is 11.5 Å². The lowest BCUT2D eigenvalue weighted by Crippen LogP contribution is -2.40. The van der Waals surface area contributed by atoms with Crippen LogP contribution in [0.5, 0.6) is 11.5 Å². The molecule has 1 atom stereocenters. The standard InChI is InChI=1S/C30H28N2O6.H2/c1-18-4-10-22(31-29(36)30(12-13-30)21-9-11-25-26(15-21)38-17-37-25)16-23(18)19-5-7-20(8-6-19)27(33)32-14-2-3-24(32)28(34)35;/h4-11,15-16,24H,2-3,12-14,17H2,1H3,(H,31,36)(H,34,35);1H. The van der Waals surface area contributed by atoms with Crippen molar-refractivity contribution in [1.82, 2.24) is 4.90 Å². The lowest BCUT2D eigenvalue weighted by Gasteiger charge is -2.21. The highest BCUT2D eigenvalue weighted by molar-refractivity contribution is 6.02. The van der Waals surface area contributed by atoms with Gasteiger partial charge in [0.05, 0.1) is 5.41 Å². The Kier molecular flexibility index (Phi) is 5.82. The third-order valence-electron chi connectivity index (χ3n) is 7.85. The molecule has 0 radical (unpaired) electrons. The number of likely N-dealkylation sites (tertiary alicyclic amines) is 1. The van der Waals surface area contributed by atoms with Crippen LogP contribution in [0.25, 0.3) is 11.1 Å². The van der Waals surface area contributed by atoms with E-state index in [0.29, 0.717) is 42.1 Å². The summed E-state index contributed by atoms with van der Waals surface area (Å²) in [5.41, 5.74) is 4.40. The molecular weight excluding hydrogens is 484 g/mol. The van der Waals surface area contributed by atoms with E-state index in [-0.39, 0.29) is 20.0 Å². The molecule has 8 heteroatoms. The van der Waals surface area contributed by atoms with E-state index in [2.05, 4.69) is 5.32 Å². The first kappa shape index (κ1) is 24.0. The fourth-order valence-corrected chi connectivity index (χ4v) is 5.45. The van der Waals surface area contributed by atoms with Gasteiger partial charge in [-0.3, -0.25) is 9.59 Å². The Morgan fingerprint density at radius 3 is 2.50 bits per heavy atom. The van der Waals surface area contributed by atoms with Crippen molar-refractivity contribution in [2.45, 2.75) is 44.1 Å². The van der Waals surface area contributed by atoms with Crippen molar-refractivity contribution < 1.29 is 30.4 Å². The fourth-order valence-electron chi connectivity index (χ4n) is 5.45. The molecule has 0 spiro atoms. The second-order valence-corrected chi connectivity index (χ2v) is 10.2. The summed E-state index contributed by atoms with van der Waals surface area (Å²) in [5, 5.41) is 12.5. The third kappa shape index (κ3) is 4.16. The molecule has 2 N–H and O–H groups in total. The molecule has 0 bridgehead atoms. The van der Waals surface area contributed by atoms with Crippen LogP contribution in [0.1, 0.15) is 48.6 Å². The summed E-state index contributed by atoms with van der Waals surface area (Å²) in [5.74, 6) is 0.0870. The number of carbonyl (C=O) groups excluding carboxylic acids is 2. The highest BCUT2D eigenvalue weighted by Gasteiger charge is 2.51. The number of hydrogen-bond donors (Lipinski definition) is 2. The van der Waals surface area contributed by atoms with Crippen LogP contribution >= 0.6 is 0 Å². The molecule has 0 aromatic heterocycles. The minimum Gasteiger partial charge on any atom is -0.480 e. The minimum absolute atomic E-state index is 0. The predicted molar refractivity (Wildman–Crippen MR) is 143 cm³/mol. The number of fused-ring (bicyclic) bond motifs is 1. The molecule has 2 aliphatic heterocycles. The number of carboxylic acids is 1. The summed E-state index contributed by atoms with van der Waals surface area (Å²) < 4.78 is 10.9. The highest BCUT2D eigenvalue weighted by Crippen LogP contribution is 2.51. The van der Waals surface area contributed by atoms with Gasteiger partial charge < -0.3 is 24.8 Å². The van der Waals surface area contributed by atoms with Crippen LogP contribution in [0.3, 0.4) is 0 Å². The lowest BCUT2D eigenvalue weighted by molar-refractivity contribution is -0.141. The van der Waals surface area contributed by atoms with E-state index < -0.39 is 17.4 Å². The van der Waals surface area contributed by atoms with Crippen LogP contribution in [0, 0.1) is 6.92 Å². The number of aliphatic carboxylic acids is 1. The molecule has 1 unspecified atom stereocenters. The zero-order valence-corrected chi connectivity index (χ0v) is 21.0. The van der Waals surface area contributed by atoms with Crippen LogP contribution in [0.2, 0.25) is 0 Å². The van der Waals surface area contributed by atoms with Gasteiger partial charge in [-0.05, 0) is 91.3 Å². The van der Waals surface area contributed by atoms with E-state index in [1.54, 1.807) is 12.1 Å². The van der Waals surface area contributed by atoms with Crippen molar-refractivity contribution >= 4 is 23.5 Å². The number of carbonyl (C=O) groups is 3. The lowest BCUT2D eigenvalue weighted by atomic mass is 9.94. The van der Waals surface area contributed by atoms with Crippen LogP contribution in [0.4, 0.5) is 5.69 Å². The molecule has 38 heavy (non-hydrogen) atoms. The van der Waals surface area contributed by atoms with Crippen molar-refractivity contribution in [2.24, 2.45) is 0 Å². The third-order valence-corrected chi connectivity index (χ3v) is 7.85. The summed E-state index contributed by atoms with van der Waals surface area (Å²) in [4.78, 5) is 39.2. The molecular formula is C30H30N2O6. The Morgan fingerprint density at radius 2 is 1.76 bits per heavy atom. The Balaban J connectivity index is 0.00000308. The van der Waals surface area contributed by atoms with Gasteiger partial charge in [-0.25, -0.2) is 4.79 Å². The van der Waals surface area contributed by atoms with E-state index in [0.717, 1.165) is 35.1 Å². The maximum atomic E-state index is 13.4. The molecule has 3 aromatic carbocycles. The monoisotopic (exact) mass is 514 g/mol. The number of amides is 2. The van der Waals surface area contributed by atoms with E-state index in [9.17, 15) is 19.5 Å². The van der Waals surface area contributed by atoms with Gasteiger partial charge in [0, 0.05) is 19.2 Å². The zero-order valence-electron chi connectivity index (χ0n) is 21.0. The van der Waals surface area contributed by atoms with Crippen LogP contribution in [0.15, 0.2) is 60.7 Å². The number of hydrogen-bond acceptors (Lipinski definition) is 5. The molecule has 1 saturated carbocycles. The van der Waals surface area contributed by atoms with Gasteiger partial charge in [-0.1, -0.05) is 24.3 Å². The molecule has 196 valence electrons. The normalized spacial score (nSPS) is 18.8. The average molecular weight is 515 g/mol. The Morgan fingerprint density at radius 1 is 1.00 bits per heavy atom. The van der Waals surface area contributed by atoms with Gasteiger partial charge in [0.2, 0.25) is 12.7 Å². The maximum absolute atomic E-state index is 13.4. The molecule has 3 aliphatic rings. The largest absolute Gasteiger partial charge is 0.480 e. The van der Waals surface area contributed by atoms with Gasteiger partial charge in [-0.2, -0.15) is 0 Å². The number of aryl methyl sites for hydroxylation is 1. The summed E-state index contributed by atoms with van der Waals surface area (Å²) in [7, 11) is 0. The first-order valence-corrected chi connectivity index (χ1v) is 12.8. The number of nitrogens with zero attached hydrogens (tertiary/aromatic N) is 1. The molecule has 2 amide bonds. The Hall–Kier alpha value is -4.33. The summed E-state index contributed by atoms with van der Waals surface area (Å²) in [6.07, 6.45) is 2.71. The Bertz CT molecular complexity index is 1450. The second-order valence-electron chi connectivity index (χ2n) is 10.2. The maximum Gasteiger partial charge on any atom is 0.326 e. The number of anilines is 1. The molecule has 1 aliphatic carbocycles. The van der Waals surface area contributed by atoms with Crippen molar-refractivity contribution in [3.63, 3.8) is 0 Å². The molecule has 1 saturated heterocycles. The van der Waals surface area contributed by atoms with E-state index in [4.69, 9.17) is 9.47 Å². The average Bonchev–Trinajstić information content (AvgIpc) is 3.35. The van der Waals surface area contributed by atoms with Crippen molar-refractivity contribution in [3.8, 4) is 22.6 Å². The summed E-state index contributed by atoms with van der Waals surface area (Å²) in [6, 6.07) is 17.9. The number of nitrogens with one attached hydrogen (secondary N) is 1. The first-order chi connectivity index (χ1) is 18.4. The second kappa shape index (κ2) is 9.20. The fraction of sp³-hybridized carbons (Fsp3) is 0.300. The smallest absolute Gasteiger partial charge is 0.326 e. The van der Waals surface area contributed by atoms with E-state index in [1.165, 1.54) is 4.90 Å². The molecule has 2 fully saturated rings. The number of ether oxygens (including phenoxy) is 2. The van der Waals surface area contributed by atoms with Crippen LogP contribution in [-0.4, -0.2) is 47.2 Å².